The number of para-hydroxylation sites is 1. The minimum Gasteiger partial charge on any atom is -0.331 e. The van der Waals surface area contributed by atoms with Gasteiger partial charge in [0.05, 0.1) is 5.69 Å². The zero-order chi connectivity index (χ0) is 13.8. The molecule has 2 heterocycles. The van der Waals surface area contributed by atoms with E-state index in [4.69, 9.17) is 0 Å². The second-order valence-electron chi connectivity index (χ2n) is 4.41. The van der Waals surface area contributed by atoms with E-state index >= 15 is 0 Å². The Kier molecular flexibility index (Phi) is 3.74. The van der Waals surface area contributed by atoms with Crippen LogP contribution in [0.4, 0.5) is 10.8 Å². The van der Waals surface area contributed by atoms with Crippen LogP contribution in [0.3, 0.4) is 0 Å². The molecule has 0 amide bonds. The second kappa shape index (κ2) is 5.84. The molecule has 0 fully saturated rings. The molecule has 0 aliphatic rings. The third-order valence-electron chi connectivity index (χ3n) is 3.12. The molecule has 0 aliphatic heterocycles. The predicted molar refractivity (Wildman–Crippen MR) is 84.4 cm³/mol. The molecule has 0 radical (unpaired) electrons. The summed E-state index contributed by atoms with van der Waals surface area (Å²) in [5, 5.41) is 6.38. The van der Waals surface area contributed by atoms with Crippen molar-refractivity contribution in [2.75, 3.05) is 5.32 Å². The molecule has 4 heteroatoms. The van der Waals surface area contributed by atoms with Gasteiger partial charge in [-0.25, -0.2) is 4.98 Å². The maximum absolute atomic E-state index is 4.63. The van der Waals surface area contributed by atoms with Crippen LogP contribution in [-0.4, -0.2) is 9.97 Å². The van der Waals surface area contributed by atoms with Gasteiger partial charge in [0.1, 0.15) is 0 Å². The first-order chi connectivity index (χ1) is 9.86. The lowest BCUT2D eigenvalue weighted by molar-refractivity contribution is 1.14. The third kappa shape index (κ3) is 2.70. The number of pyridine rings is 1. The lowest BCUT2D eigenvalue weighted by Crippen LogP contribution is -1.94. The number of aryl methyl sites for hydroxylation is 1. The molecule has 0 aliphatic carbocycles. The van der Waals surface area contributed by atoms with Crippen LogP contribution in [0.5, 0.6) is 0 Å². The minimum atomic E-state index is 0.915. The van der Waals surface area contributed by atoms with Crippen LogP contribution in [0.2, 0.25) is 0 Å². The summed E-state index contributed by atoms with van der Waals surface area (Å²) in [5.41, 5.74) is 4.50. The van der Waals surface area contributed by atoms with Gasteiger partial charge in [0.2, 0.25) is 0 Å². The van der Waals surface area contributed by atoms with Crippen LogP contribution >= 0.6 is 11.3 Å². The molecule has 1 aromatic carbocycles. The Morgan fingerprint density at radius 2 is 1.90 bits per heavy atom. The van der Waals surface area contributed by atoms with E-state index in [1.165, 1.54) is 5.56 Å². The highest BCUT2D eigenvalue weighted by molar-refractivity contribution is 7.14. The van der Waals surface area contributed by atoms with E-state index in [0.717, 1.165) is 28.5 Å². The molecule has 0 spiro atoms. The molecule has 0 saturated carbocycles. The van der Waals surface area contributed by atoms with E-state index in [-0.39, 0.29) is 0 Å². The lowest BCUT2D eigenvalue weighted by atomic mass is 10.1. The molecule has 1 N–H and O–H groups in total. The Balaban J connectivity index is 1.84. The number of anilines is 2. The summed E-state index contributed by atoms with van der Waals surface area (Å²) in [6.45, 7) is 2.16. The number of benzene rings is 1. The Morgan fingerprint density at radius 1 is 1.10 bits per heavy atom. The average Bonchev–Trinajstić information content (AvgIpc) is 2.97. The fraction of sp³-hybridized carbons (Fsp3) is 0.125. The number of nitrogens with zero attached hydrogens (tertiary/aromatic N) is 2. The molecule has 0 atom stereocenters. The van der Waals surface area contributed by atoms with Crippen LogP contribution in [0.25, 0.3) is 11.3 Å². The highest BCUT2D eigenvalue weighted by Gasteiger charge is 2.06. The van der Waals surface area contributed by atoms with Crippen molar-refractivity contribution in [3.05, 3.63) is 59.7 Å². The molecule has 2 aromatic heterocycles. The van der Waals surface area contributed by atoms with Gasteiger partial charge in [-0.15, -0.1) is 11.3 Å². The van der Waals surface area contributed by atoms with Gasteiger partial charge in [-0.3, -0.25) is 4.98 Å². The number of rotatable bonds is 4. The van der Waals surface area contributed by atoms with Crippen LogP contribution in [0, 0.1) is 0 Å². The van der Waals surface area contributed by atoms with Crippen LogP contribution in [-0.2, 0) is 6.42 Å². The summed E-state index contributed by atoms with van der Waals surface area (Å²) < 4.78 is 0. The summed E-state index contributed by atoms with van der Waals surface area (Å²) in [5.74, 6) is 0. The van der Waals surface area contributed by atoms with Crippen molar-refractivity contribution in [2.45, 2.75) is 13.3 Å². The van der Waals surface area contributed by atoms with Crippen LogP contribution in [0.1, 0.15) is 12.5 Å². The van der Waals surface area contributed by atoms with Gasteiger partial charge in [-0.1, -0.05) is 25.1 Å². The summed E-state index contributed by atoms with van der Waals surface area (Å²) in [7, 11) is 0. The molecule has 3 aromatic rings. The molecule has 3 nitrogen and oxygen atoms in total. The fourth-order valence-corrected chi connectivity index (χ4v) is 2.78. The number of hydrogen-bond acceptors (Lipinski definition) is 4. The lowest BCUT2D eigenvalue weighted by Gasteiger charge is -2.07. The maximum atomic E-state index is 4.63. The number of thiazole rings is 1. The Bertz CT molecular complexity index is 692. The average molecular weight is 281 g/mol. The van der Waals surface area contributed by atoms with Crippen molar-refractivity contribution in [3.8, 4) is 11.3 Å². The highest BCUT2D eigenvalue weighted by Crippen LogP contribution is 2.28. The van der Waals surface area contributed by atoms with E-state index in [9.17, 15) is 0 Å². The second-order valence-corrected chi connectivity index (χ2v) is 5.27. The van der Waals surface area contributed by atoms with Gasteiger partial charge in [-0.2, -0.15) is 0 Å². The van der Waals surface area contributed by atoms with E-state index in [1.54, 1.807) is 23.7 Å². The fourth-order valence-electron chi connectivity index (χ4n) is 2.05. The van der Waals surface area contributed by atoms with Gasteiger partial charge < -0.3 is 5.32 Å². The molecule has 0 unspecified atom stereocenters. The van der Waals surface area contributed by atoms with Crippen molar-refractivity contribution in [1.82, 2.24) is 9.97 Å². The molecule has 20 heavy (non-hydrogen) atoms. The predicted octanol–water partition coefficient (Wildman–Crippen LogP) is 4.51. The quantitative estimate of drug-likeness (QED) is 0.764. The van der Waals surface area contributed by atoms with Crippen molar-refractivity contribution < 1.29 is 0 Å². The van der Waals surface area contributed by atoms with E-state index in [2.05, 4.69) is 45.8 Å². The summed E-state index contributed by atoms with van der Waals surface area (Å²) in [4.78, 5) is 8.66. The summed E-state index contributed by atoms with van der Waals surface area (Å²) in [6, 6.07) is 12.3. The normalized spacial score (nSPS) is 10.4. The van der Waals surface area contributed by atoms with Crippen molar-refractivity contribution in [3.63, 3.8) is 0 Å². The first-order valence-corrected chi connectivity index (χ1v) is 7.45. The molecule has 0 saturated heterocycles. The highest BCUT2D eigenvalue weighted by atomic mass is 32.1. The third-order valence-corrected chi connectivity index (χ3v) is 3.88. The van der Waals surface area contributed by atoms with Crippen molar-refractivity contribution in [1.29, 1.82) is 0 Å². The molecule has 100 valence electrons. The number of nitrogens with one attached hydrogen (secondary N) is 1. The monoisotopic (exact) mass is 281 g/mol. The molecular formula is C16H15N3S. The minimum absolute atomic E-state index is 0.915. The Morgan fingerprint density at radius 3 is 2.70 bits per heavy atom. The topological polar surface area (TPSA) is 37.8 Å². The number of aromatic nitrogens is 2. The largest absolute Gasteiger partial charge is 0.331 e. The summed E-state index contributed by atoms with van der Waals surface area (Å²) >= 11 is 1.62. The van der Waals surface area contributed by atoms with Gasteiger partial charge in [0, 0.05) is 29.0 Å². The zero-order valence-electron chi connectivity index (χ0n) is 11.2. The smallest absolute Gasteiger partial charge is 0.187 e. The number of hydrogen-bond donors (Lipinski definition) is 1. The summed E-state index contributed by atoms with van der Waals surface area (Å²) in [6.07, 6.45) is 4.58. The van der Waals surface area contributed by atoms with Crippen LogP contribution < -0.4 is 5.32 Å². The van der Waals surface area contributed by atoms with Gasteiger partial charge >= 0.3 is 0 Å². The van der Waals surface area contributed by atoms with Gasteiger partial charge in [0.15, 0.2) is 5.13 Å². The van der Waals surface area contributed by atoms with Gasteiger partial charge in [-0.05, 0) is 30.2 Å². The van der Waals surface area contributed by atoms with E-state index in [1.807, 2.05) is 18.2 Å². The molecule has 3 rings (SSSR count). The first-order valence-electron chi connectivity index (χ1n) is 6.57. The van der Waals surface area contributed by atoms with Crippen LogP contribution in [0.15, 0.2) is 54.2 Å². The zero-order valence-corrected chi connectivity index (χ0v) is 12.0. The molecular weight excluding hydrogens is 266 g/mol. The Hall–Kier alpha value is -2.20. The van der Waals surface area contributed by atoms with E-state index < -0.39 is 0 Å². The standard InChI is InChI=1S/C16H15N3S/c1-2-12-5-3-4-6-14(12)18-16-19-15(11-20-16)13-7-9-17-10-8-13/h3-11H,2H2,1H3,(H,18,19). The maximum Gasteiger partial charge on any atom is 0.187 e. The van der Waals surface area contributed by atoms with Gasteiger partial charge in [0.25, 0.3) is 0 Å². The SMILES string of the molecule is CCc1ccccc1Nc1nc(-c2ccncc2)cs1. The van der Waals surface area contributed by atoms with E-state index in [0.29, 0.717) is 0 Å². The van der Waals surface area contributed by atoms with Crippen molar-refractivity contribution >= 4 is 22.2 Å². The molecule has 0 bridgehead atoms. The van der Waals surface area contributed by atoms with Crippen molar-refractivity contribution in [2.24, 2.45) is 0 Å². The first kappa shape index (κ1) is 12.8. The Labute approximate surface area is 122 Å².